The summed E-state index contributed by atoms with van der Waals surface area (Å²) in [6.07, 6.45) is 0.930. The topological polar surface area (TPSA) is 55.6 Å². The number of anilines is 2. The first-order chi connectivity index (χ1) is 10.0. The number of carbonyl (C=O) groups is 1. The van der Waals surface area contributed by atoms with Crippen LogP contribution in [-0.2, 0) is 11.2 Å². The van der Waals surface area contributed by atoms with Gasteiger partial charge in [-0.25, -0.2) is 4.79 Å². The van der Waals surface area contributed by atoms with Gasteiger partial charge in [-0.15, -0.1) is 11.3 Å². The number of nitrogen functional groups attached to an aromatic ring is 1. The van der Waals surface area contributed by atoms with Gasteiger partial charge < -0.3 is 15.4 Å². The molecule has 5 heteroatoms. The van der Waals surface area contributed by atoms with Crippen LogP contribution in [0.5, 0.6) is 0 Å². The number of likely N-dealkylation sites (N-methyl/N-ethyl adjacent to an activating group) is 1. The summed E-state index contributed by atoms with van der Waals surface area (Å²) in [5.74, 6) is -0.368. The van der Waals surface area contributed by atoms with Crippen molar-refractivity contribution in [2.45, 2.75) is 19.4 Å². The molecule has 2 aromatic rings. The Morgan fingerprint density at radius 3 is 2.81 bits per heavy atom. The summed E-state index contributed by atoms with van der Waals surface area (Å²) in [5.41, 5.74) is 7.67. The van der Waals surface area contributed by atoms with Crippen LogP contribution in [0.15, 0.2) is 35.7 Å². The normalized spacial score (nSPS) is 12.0. The third-order valence-corrected chi connectivity index (χ3v) is 4.44. The highest BCUT2D eigenvalue weighted by Crippen LogP contribution is 2.26. The van der Waals surface area contributed by atoms with Crippen LogP contribution in [0.1, 0.15) is 22.2 Å². The van der Waals surface area contributed by atoms with Gasteiger partial charge in [-0.3, -0.25) is 0 Å². The minimum atomic E-state index is -0.368. The van der Waals surface area contributed by atoms with E-state index in [9.17, 15) is 4.79 Å². The summed E-state index contributed by atoms with van der Waals surface area (Å²) in [7, 11) is 3.36. The van der Waals surface area contributed by atoms with Gasteiger partial charge >= 0.3 is 5.97 Å². The largest absolute Gasteiger partial charge is 0.465 e. The molecular weight excluding hydrogens is 284 g/mol. The smallest absolute Gasteiger partial charge is 0.340 e. The lowest BCUT2D eigenvalue weighted by molar-refractivity contribution is 0.0601. The molecule has 0 radical (unpaired) electrons. The second-order valence-electron chi connectivity index (χ2n) is 5.01. The zero-order valence-corrected chi connectivity index (χ0v) is 13.3. The number of thiophene rings is 1. The number of rotatable bonds is 5. The van der Waals surface area contributed by atoms with Gasteiger partial charge in [0.25, 0.3) is 0 Å². The molecule has 0 aliphatic carbocycles. The number of nitrogens with two attached hydrogens (primary N) is 1. The minimum absolute atomic E-state index is 0.260. The molecule has 0 amide bonds. The van der Waals surface area contributed by atoms with Crippen LogP contribution in [0.4, 0.5) is 11.4 Å². The molecule has 21 heavy (non-hydrogen) atoms. The van der Waals surface area contributed by atoms with Crippen molar-refractivity contribution in [2.24, 2.45) is 0 Å². The molecule has 0 saturated heterocycles. The molecule has 2 N–H and O–H groups in total. The number of ether oxygens (including phenoxy) is 1. The Morgan fingerprint density at radius 2 is 2.19 bits per heavy atom. The van der Waals surface area contributed by atoms with Crippen LogP contribution in [0.25, 0.3) is 0 Å². The van der Waals surface area contributed by atoms with Crippen LogP contribution >= 0.6 is 11.3 Å². The molecule has 0 spiro atoms. The van der Waals surface area contributed by atoms with Crippen molar-refractivity contribution in [3.63, 3.8) is 0 Å². The maximum atomic E-state index is 11.9. The molecule has 0 bridgehead atoms. The fourth-order valence-corrected chi connectivity index (χ4v) is 3.06. The molecular formula is C16H20N2O2S. The molecule has 1 heterocycles. The summed E-state index contributed by atoms with van der Waals surface area (Å²) < 4.78 is 4.85. The Balaban J connectivity index is 2.25. The molecule has 1 atom stereocenters. The average Bonchev–Trinajstić information content (AvgIpc) is 2.98. The lowest BCUT2D eigenvalue weighted by Crippen LogP contribution is -2.32. The maximum absolute atomic E-state index is 11.9. The Bertz CT molecular complexity index is 611. The van der Waals surface area contributed by atoms with E-state index < -0.39 is 0 Å². The lowest BCUT2D eigenvalue weighted by Gasteiger charge is -2.28. The van der Waals surface area contributed by atoms with Gasteiger partial charge in [-0.1, -0.05) is 6.07 Å². The van der Waals surface area contributed by atoms with E-state index in [4.69, 9.17) is 10.5 Å². The first-order valence-electron chi connectivity index (χ1n) is 6.76. The number of esters is 1. The van der Waals surface area contributed by atoms with Crippen molar-refractivity contribution >= 4 is 28.7 Å². The van der Waals surface area contributed by atoms with Crippen LogP contribution < -0.4 is 10.6 Å². The highest BCUT2D eigenvalue weighted by Gasteiger charge is 2.19. The molecule has 112 valence electrons. The molecule has 0 saturated carbocycles. The Hall–Kier alpha value is -2.01. The monoisotopic (exact) mass is 304 g/mol. The minimum Gasteiger partial charge on any atom is -0.465 e. The third kappa shape index (κ3) is 3.55. The summed E-state index contributed by atoms with van der Waals surface area (Å²) in [5, 5.41) is 2.07. The number of carbonyl (C=O) groups excluding carboxylic acids is 1. The van der Waals surface area contributed by atoms with E-state index in [0.717, 1.165) is 12.1 Å². The van der Waals surface area contributed by atoms with Crippen LogP contribution in [-0.4, -0.2) is 26.2 Å². The molecule has 0 aliphatic heterocycles. The fourth-order valence-electron chi connectivity index (χ4n) is 2.23. The maximum Gasteiger partial charge on any atom is 0.340 e. The quantitative estimate of drug-likeness (QED) is 0.681. The van der Waals surface area contributed by atoms with E-state index in [1.807, 2.05) is 13.1 Å². The van der Waals surface area contributed by atoms with Gasteiger partial charge in [0.05, 0.1) is 18.4 Å². The number of benzene rings is 1. The molecule has 2 rings (SSSR count). The van der Waals surface area contributed by atoms with E-state index in [-0.39, 0.29) is 12.0 Å². The molecule has 0 fully saturated rings. The van der Waals surface area contributed by atoms with Gasteiger partial charge in [0.15, 0.2) is 0 Å². The molecule has 1 unspecified atom stereocenters. The Kier molecular flexibility index (Phi) is 4.85. The first kappa shape index (κ1) is 15.4. The van der Waals surface area contributed by atoms with E-state index in [1.54, 1.807) is 23.5 Å². The summed E-state index contributed by atoms with van der Waals surface area (Å²) in [4.78, 5) is 15.3. The Labute approximate surface area is 129 Å². The number of nitrogens with zero attached hydrogens (tertiary/aromatic N) is 1. The van der Waals surface area contributed by atoms with E-state index in [2.05, 4.69) is 29.3 Å². The molecule has 4 nitrogen and oxygen atoms in total. The predicted molar refractivity (Wildman–Crippen MR) is 88.1 cm³/mol. The van der Waals surface area contributed by atoms with E-state index in [1.165, 1.54) is 12.0 Å². The molecule has 1 aromatic heterocycles. The van der Waals surface area contributed by atoms with Gasteiger partial charge in [-0.05, 0) is 36.6 Å². The van der Waals surface area contributed by atoms with Gasteiger partial charge in [0.1, 0.15) is 0 Å². The second kappa shape index (κ2) is 6.63. The van der Waals surface area contributed by atoms with E-state index >= 15 is 0 Å². The van der Waals surface area contributed by atoms with Crippen molar-refractivity contribution < 1.29 is 9.53 Å². The van der Waals surface area contributed by atoms with Crippen molar-refractivity contribution in [2.75, 3.05) is 24.8 Å². The van der Waals surface area contributed by atoms with Gasteiger partial charge in [-0.2, -0.15) is 0 Å². The Morgan fingerprint density at radius 1 is 1.43 bits per heavy atom. The van der Waals surface area contributed by atoms with Crippen LogP contribution in [0.2, 0.25) is 0 Å². The molecule has 0 aliphatic rings. The van der Waals surface area contributed by atoms with Gasteiger partial charge in [0.2, 0.25) is 0 Å². The number of hydrogen-bond acceptors (Lipinski definition) is 5. The van der Waals surface area contributed by atoms with Crippen LogP contribution in [0.3, 0.4) is 0 Å². The second-order valence-corrected chi connectivity index (χ2v) is 6.04. The van der Waals surface area contributed by atoms with E-state index in [0.29, 0.717) is 11.3 Å². The van der Waals surface area contributed by atoms with Crippen LogP contribution in [0, 0.1) is 0 Å². The number of methoxy groups -OCH3 is 1. The van der Waals surface area contributed by atoms with Gasteiger partial charge in [0, 0.05) is 30.1 Å². The summed E-state index contributed by atoms with van der Waals surface area (Å²) >= 11 is 1.74. The third-order valence-electron chi connectivity index (χ3n) is 3.54. The van der Waals surface area contributed by atoms with Crippen molar-refractivity contribution in [3.8, 4) is 0 Å². The predicted octanol–water partition coefficient (Wildman–Crippen LogP) is 3.18. The summed E-state index contributed by atoms with van der Waals surface area (Å²) in [6, 6.07) is 9.77. The number of hydrogen-bond donors (Lipinski definition) is 1. The SMILES string of the molecule is COC(=O)c1cc(N)ccc1N(C)C(C)Cc1cccs1. The zero-order valence-electron chi connectivity index (χ0n) is 12.5. The highest BCUT2D eigenvalue weighted by atomic mass is 32.1. The summed E-state index contributed by atoms with van der Waals surface area (Å²) in [6.45, 7) is 2.14. The highest BCUT2D eigenvalue weighted by molar-refractivity contribution is 7.09. The fraction of sp³-hybridized carbons (Fsp3) is 0.312. The van der Waals surface area contributed by atoms with Crippen molar-refractivity contribution in [3.05, 3.63) is 46.2 Å². The average molecular weight is 304 g/mol. The molecule has 1 aromatic carbocycles. The van der Waals surface area contributed by atoms with Crippen molar-refractivity contribution in [1.82, 2.24) is 0 Å². The van der Waals surface area contributed by atoms with Crippen molar-refractivity contribution in [1.29, 1.82) is 0 Å². The standard InChI is InChI=1S/C16H20N2O2S/c1-11(9-13-5-4-8-21-13)18(2)15-7-6-12(17)10-14(15)16(19)20-3/h4-8,10-11H,9,17H2,1-3H3. The zero-order chi connectivity index (χ0) is 15.4. The first-order valence-corrected chi connectivity index (χ1v) is 7.64. The lowest BCUT2D eigenvalue weighted by atomic mass is 10.1.